The van der Waals surface area contributed by atoms with Crippen molar-refractivity contribution >= 4 is 17.6 Å². The average molecular weight is 471 g/mol. The number of nitrogens with zero attached hydrogens (tertiary/aromatic N) is 3. The molecule has 0 unspecified atom stereocenters. The van der Waals surface area contributed by atoms with Crippen LogP contribution in [0.15, 0.2) is 36.7 Å². The van der Waals surface area contributed by atoms with Gasteiger partial charge in [-0.25, -0.2) is 9.18 Å². The summed E-state index contributed by atoms with van der Waals surface area (Å²) in [5, 5.41) is 16.1. The standard InChI is InChI=1S/C21H19ClF4N4O2/c1-11(31)9-30-19(21(24,25)26)14(8-27-30)17-7-12(18-15(22)3-2-4-16(18)23)10-29(17)20(32)28-13-5-6-13/h2-4,7-8,10-11,13,31H,5-6,9H2,1H3,(H,28,32)/t11-/m1/s1. The zero-order chi connectivity index (χ0) is 23.2. The van der Waals surface area contributed by atoms with Crippen molar-refractivity contribution in [1.29, 1.82) is 0 Å². The van der Waals surface area contributed by atoms with Crippen LogP contribution in [0.1, 0.15) is 25.5 Å². The number of amides is 1. The number of nitrogens with one attached hydrogen (secondary N) is 1. The number of hydrogen-bond acceptors (Lipinski definition) is 3. The number of benzene rings is 1. The monoisotopic (exact) mass is 470 g/mol. The lowest BCUT2D eigenvalue weighted by atomic mass is 10.1. The Morgan fingerprint density at radius 2 is 2.09 bits per heavy atom. The second kappa shape index (κ2) is 8.25. The highest BCUT2D eigenvalue weighted by Crippen LogP contribution is 2.40. The molecule has 2 N–H and O–H groups in total. The minimum Gasteiger partial charge on any atom is -0.391 e. The fraction of sp³-hybridized carbons (Fsp3) is 0.333. The van der Waals surface area contributed by atoms with Crippen LogP contribution in [0.2, 0.25) is 5.02 Å². The van der Waals surface area contributed by atoms with Gasteiger partial charge in [0, 0.05) is 28.9 Å². The van der Waals surface area contributed by atoms with E-state index in [1.54, 1.807) is 0 Å². The molecule has 3 aromatic rings. The van der Waals surface area contributed by atoms with Crippen LogP contribution in [0.25, 0.3) is 22.4 Å². The van der Waals surface area contributed by atoms with Gasteiger partial charge in [-0.3, -0.25) is 9.25 Å². The van der Waals surface area contributed by atoms with Crippen LogP contribution < -0.4 is 5.32 Å². The third-order valence-corrected chi connectivity index (χ3v) is 5.33. The Morgan fingerprint density at radius 1 is 1.38 bits per heavy atom. The Bertz CT molecular complexity index is 1140. The number of carbonyl (C=O) groups is 1. The van der Waals surface area contributed by atoms with Gasteiger partial charge in [0.05, 0.1) is 29.6 Å². The van der Waals surface area contributed by atoms with E-state index in [4.69, 9.17) is 11.6 Å². The maximum absolute atomic E-state index is 14.5. The Kier molecular flexibility index (Phi) is 5.76. The van der Waals surface area contributed by atoms with E-state index >= 15 is 0 Å². The molecule has 2 heterocycles. The number of hydrogen-bond donors (Lipinski definition) is 2. The van der Waals surface area contributed by atoms with Crippen molar-refractivity contribution in [3.8, 4) is 22.4 Å². The summed E-state index contributed by atoms with van der Waals surface area (Å²) in [4.78, 5) is 12.8. The first-order valence-corrected chi connectivity index (χ1v) is 10.2. The van der Waals surface area contributed by atoms with E-state index in [-0.39, 0.29) is 33.4 Å². The maximum Gasteiger partial charge on any atom is 0.433 e. The van der Waals surface area contributed by atoms with E-state index < -0.39 is 36.4 Å². The largest absolute Gasteiger partial charge is 0.433 e. The molecule has 1 aliphatic rings. The minimum atomic E-state index is -4.82. The van der Waals surface area contributed by atoms with Gasteiger partial charge in [-0.15, -0.1) is 0 Å². The van der Waals surface area contributed by atoms with Gasteiger partial charge in [-0.05, 0) is 38.0 Å². The molecule has 32 heavy (non-hydrogen) atoms. The van der Waals surface area contributed by atoms with E-state index in [1.165, 1.54) is 37.4 Å². The molecule has 0 aliphatic heterocycles. The summed E-state index contributed by atoms with van der Waals surface area (Å²) < 4.78 is 58.0. The van der Waals surface area contributed by atoms with Crippen LogP contribution in [-0.2, 0) is 12.7 Å². The summed E-state index contributed by atoms with van der Waals surface area (Å²) in [5.41, 5.74) is -1.50. The van der Waals surface area contributed by atoms with E-state index in [0.29, 0.717) is 4.68 Å². The lowest BCUT2D eigenvalue weighted by molar-refractivity contribution is -0.144. The van der Waals surface area contributed by atoms with E-state index in [9.17, 15) is 27.5 Å². The first-order chi connectivity index (χ1) is 15.1. The quantitative estimate of drug-likeness (QED) is 0.519. The average Bonchev–Trinajstić information content (AvgIpc) is 3.22. The summed E-state index contributed by atoms with van der Waals surface area (Å²) in [6, 6.07) is 4.60. The molecule has 170 valence electrons. The lowest BCUT2D eigenvalue weighted by Crippen LogP contribution is -2.30. The van der Waals surface area contributed by atoms with Crippen LogP contribution in [0.4, 0.5) is 22.4 Å². The lowest BCUT2D eigenvalue weighted by Gasteiger charge is -2.15. The molecule has 2 aromatic heterocycles. The molecule has 1 amide bonds. The van der Waals surface area contributed by atoms with Gasteiger partial charge in [0.1, 0.15) is 5.82 Å². The van der Waals surface area contributed by atoms with Crippen LogP contribution in [0.5, 0.6) is 0 Å². The normalized spacial score (nSPS) is 15.1. The summed E-state index contributed by atoms with van der Waals surface area (Å²) in [6.07, 6.45) is -2.12. The number of alkyl halides is 3. The van der Waals surface area contributed by atoms with Crippen LogP contribution in [0.3, 0.4) is 0 Å². The first-order valence-electron chi connectivity index (χ1n) is 9.85. The predicted molar refractivity (Wildman–Crippen MR) is 110 cm³/mol. The number of aliphatic hydroxyl groups is 1. The number of halogens is 5. The molecule has 1 atom stereocenters. The third-order valence-electron chi connectivity index (χ3n) is 5.02. The van der Waals surface area contributed by atoms with Gasteiger partial charge in [-0.1, -0.05) is 17.7 Å². The van der Waals surface area contributed by atoms with E-state index in [1.807, 2.05) is 0 Å². The van der Waals surface area contributed by atoms with Gasteiger partial charge in [0.15, 0.2) is 5.69 Å². The molecule has 6 nitrogen and oxygen atoms in total. The predicted octanol–water partition coefficient (Wildman–Crippen LogP) is 4.93. The van der Waals surface area contributed by atoms with E-state index in [2.05, 4.69) is 10.4 Å². The highest BCUT2D eigenvalue weighted by atomic mass is 35.5. The topological polar surface area (TPSA) is 72.1 Å². The van der Waals surface area contributed by atoms with Gasteiger partial charge < -0.3 is 10.4 Å². The molecular formula is C21H19ClF4N4O2. The summed E-state index contributed by atoms with van der Waals surface area (Å²) in [5.74, 6) is -0.676. The molecule has 0 spiro atoms. The maximum atomic E-state index is 14.5. The molecule has 0 saturated heterocycles. The Labute approximate surface area is 185 Å². The number of aliphatic hydroxyl groups excluding tert-OH is 1. The zero-order valence-corrected chi connectivity index (χ0v) is 17.6. The molecule has 1 saturated carbocycles. The van der Waals surface area contributed by atoms with Crippen LogP contribution >= 0.6 is 11.6 Å². The molecule has 4 rings (SSSR count). The highest BCUT2D eigenvalue weighted by molar-refractivity contribution is 6.33. The number of carbonyl (C=O) groups excluding carboxylic acids is 1. The summed E-state index contributed by atoms with van der Waals surface area (Å²) in [7, 11) is 0. The van der Waals surface area contributed by atoms with Crippen LogP contribution in [0, 0.1) is 5.82 Å². The second-order valence-corrected chi connectivity index (χ2v) is 8.15. The fourth-order valence-electron chi connectivity index (χ4n) is 3.48. The van der Waals surface area contributed by atoms with Gasteiger partial charge >= 0.3 is 12.2 Å². The van der Waals surface area contributed by atoms with Crippen molar-refractivity contribution in [2.75, 3.05) is 0 Å². The Balaban J connectivity index is 1.91. The van der Waals surface area contributed by atoms with Crippen molar-refractivity contribution in [3.63, 3.8) is 0 Å². The number of rotatable bonds is 5. The van der Waals surface area contributed by atoms with E-state index in [0.717, 1.165) is 23.6 Å². The minimum absolute atomic E-state index is 0.0293. The van der Waals surface area contributed by atoms with Gasteiger partial charge in [0.2, 0.25) is 0 Å². The van der Waals surface area contributed by atoms with Crippen molar-refractivity contribution in [2.45, 2.75) is 44.6 Å². The van der Waals surface area contributed by atoms with Gasteiger partial charge in [0.25, 0.3) is 0 Å². The fourth-order valence-corrected chi connectivity index (χ4v) is 3.75. The Hall–Kier alpha value is -2.85. The summed E-state index contributed by atoms with van der Waals surface area (Å²) in [6.45, 7) is 0.946. The second-order valence-electron chi connectivity index (χ2n) is 7.74. The van der Waals surface area contributed by atoms with Crippen LogP contribution in [-0.4, -0.2) is 37.6 Å². The first kappa shape index (κ1) is 22.3. The van der Waals surface area contributed by atoms with Crippen molar-refractivity contribution in [2.24, 2.45) is 0 Å². The Morgan fingerprint density at radius 3 is 2.69 bits per heavy atom. The third kappa shape index (κ3) is 4.37. The molecule has 0 radical (unpaired) electrons. The van der Waals surface area contributed by atoms with Crippen molar-refractivity contribution < 1.29 is 27.5 Å². The zero-order valence-electron chi connectivity index (χ0n) is 16.8. The number of aromatic nitrogens is 3. The van der Waals surface area contributed by atoms with Crippen molar-refractivity contribution in [1.82, 2.24) is 19.7 Å². The molecule has 1 aliphatic carbocycles. The van der Waals surface area contributed by atoms with Crippen molar-refractivity contribution in [3.05, 3.63) is 53.2 Å². The smallest absolute Gasteiger partial charge is 0.391 e. The molecule has 1 fully saturated rings. The highest BCUT2D eigenvalue weighted by Gasteiger charge is 2.40. The molecular weight excluding hydrogens is 452 g/mol. The molecule has 11 heteroatoms. The molecule has 0 bridgehead atoms. The summed E-state index contributed by atoms with van der Waals surface area (Å²) >= 11 is 6.14. The molecule has 1 aromatic carbocycles. The SMILES string of the molecule is C[C@@H](O)Cn1ncc(-c2cc(-c3c(F)cccc3Cl)cn2C(=O)NC2CC2)c1C(F)(F)F. The van der Waals surface area contributed by atoms with Gasteiger partial charge in [-0.2, -0.15) is 18.3 Å².